The molecule has 1 heterocycles. The zero-order chi connectivity index (χ0) is 8.10. The quantitative estimate of drug-likeness (QED) is 0.623. The third kappa shape index (κ3) is 2.31. The van der Waals surface area contributed by atoms with Crippen LogP contribution in [0.4, 0.5) is 4.39 Å². The summed E-state index contributed by atoms with van der Waals surface area (Å²) in [5.41, 5.74) is 0.514. The molecule has 1 rings (SSSR count). The molecule has 0 aliphatic rings. The maximum absolute atomic E-state index is 12.8. The van der Waals surface area contributed by atoms with Crippen LogP contribution in [0, 0.1) is 5.82 Å². The lowest BCUT2D eigenvalue weighted by Crippen LogP contribution is -1.82. The molecular formula is C8H7ClFN. The highest BCUT2D eigenvalue weighted by Gasteiger charge is 1.94. The highest BCUT2D eigenvalue weighted by molar-refractivity contribution is 6.19. The minimum absolute atomic E-state index is 0.325. The number of allylic oxidation sites excluding steroid dienone is 1. The van der Waals surface area contributed by atoms with Crippen LogP contribution in [0.25, 0.3) is 6.08 Å². The fourth-order valence-electron chi connectivity index (χ4n) is 0.693. The third-order valence-electron chi connectivity index (χ3n) is 1.19. The lowest BCUT2D eigenvalue weighted by atomic mass is 10.2. The van der Waals surface area contributed by atoms with Crippen LogP contribution < -0.4 is 0 Å². The molecule has 1 aromatic heterocycles. The van der Waals surface area contributed by atoms with Crippen LogP contribution in [0.15, 0.2) is 24.5 Å². The molecule has 0 amide bonds. The van der Waals surface area contributed by atoms with Gasteiger partial charge < -0.3 is 0 Å². The molecule has 3 heteroatoms. The number of alkyl halides is 1. The average Bonchev–Trinajstić information content (AvgIpc) is 2.03. The van der Waals surface area contributed by atoms with Gasteiger partial charge >= 0.3 is 0 Å². The van der Waals surface area contributed by atoms with E-state index in [1.165, 1.54) is 12.4 Å². The molecule has 0 spiro atoms. The second-order valence-electron chi connectivity index (χ2n) is 1.95. The van der Waals surface area contributed by atoms with Crippen molar-refractivity contribution in [3.8, 4) is 0 Å². The van der Waals surface area contributed by atoms with Crippen molar-refractivity contribution in [1.82, 2.24) is 4.98 Å². The van der Waals surface area contributed by atoms with Gasteiger partial charge in [-0.2, -0.15) is 0 Å². The van der Waals surface area contributed by atoms with E-state index in [1.54, 1.807) is 18.2 Å². The van der Waals surface area contributed by atoms with E-state index < -0.39 is 0 Å². The summed E-state index contributed by atoms with van der Waals surface area (Å²) in [6.45, 7) is 0. The van der Waals surface area contributed by atoms with Gasteiger partial charge in [-0.05, 0) is 6.07 Å². The van der Waals surface area contributed by atoms with Gasteiger partial charge in [-0.15, -0.1) is 11.6 Å². The van der Waals surface area contributed by atoms with Crippen LogP contribution >= 0.6 is 11.6 Å². The van der Waals surface area contributed by atoms with Crippen LogP contribution in [-0.4, -0.2) is 10.9 Å². The van der Waals surface area contributed by atoms with Gasteiger partial charge in [0.15, 0.2) is 0 Å². The average molecular weight is 172 g/mol. The number of pyridine rings is 1. The van der Waals surface area contributed by atoms with E-state index in [0.717, 1.165) is 0 Å². The zero-order valence-electron chi connectivity index (χ0n) is 5.80. The van der Waals surface area contributed by atoms with Gasteiger partial charge in [0.2, 0.25) is 0 Å². The Hall–Kier alpha value is -0.890. The van der Waals surface area contributed by atoms with Gasteiger partial charge in [0, 0.05) is 17.6 Å². The standard InChI is InChI=1S/C8H7ClFN/c9-4-1-2-7-3-5-11-6-8(7)10/h1-3,5-6H,4H2. The summed E-state index contributed by atoms with van der Waals surface area (Å²) in [6, 6.07) is 1.60. The second kappa shape index (κ2) is 4.09. The van der Waals surface area contributed by atoms with E-state index in [9.17, 15) is 4.39 Å². The lowest BCUT2D eigenvalue weighted by Gasteiger charge is -1.92. The fourth-order valence-corrected chi connectivity index (χ4v) is 0.782. The molecule has 0 bridgehead atoms. The molecule has 58 valence electrons. The topological polar surface area (TPSA) is 12.9 Å². The first-order chi connectivity index (χ1) is 5.34. The third-order valence-corrected chi connectivity index (χ3v) is 1.37. The Balaban J connectivity index is 2.86. The Kier molecular flexibility index (Phi) is 3.05. The van der Waals surface area contributed by atoms with Crippen molar-refractivity contribution >= 4 is 17.7 Å². The summed E-state index contributed by atoms with van der Waals surface area (Å²) in [6.07, 6.45) is 6.02. The van der Waals surface area contributed by atoms with Crippen molar-refractivity contribution in [2.45, 2.75) is 0 Å². The van der Waals surface area contributed by atoms with E-state index in [2.05, 4.69) is 4.98 Å². The van der Waals surface area contributed by atoms with Crippen LogP contribution in [-0.2, 0) is 0 Å². The molecule has 0 aliphatic heterocycles. The molecule has 0 radical (unpaired) electrons. The summed E-state index contributed by atoms with van der Waals surface area (Å²) in [4.78, 5) is 3.61. The molecule has 1 nitrogen and oxygen atoms in total. The summed E-state index contributed by atoms with van der Waals surface area (Å²) in [5.74, 6) is 0.0655. The smallest absolute Gasteiger partial charge is 0.148 e. The highest BCUT2D eigenvalue weighted by Crippen LogP contribution is 2.06. The molecule has 0 N–H and O–H groups in total. The molecule has 0 atom stereocenters. The Bertz CT molecular complexity index is 260. The maximum atomic E-state index is 12.8. The van der Waals surface area contributed by atoms with Crippen LogP contribution in [0.3, 0.4) is 0 Å². The fraction of sp³-hybridized carbons (Fsp3) is 0.125. The Morgan fingerprint density at radius 2 is 2.45 bits per heavy atom. The molecule has 0 saturated carbocycles. The van der Waals surface area contributed by atoms with Crippen molar-refractivity contribution < 1.29 is 4.39 Å². The van der Waals surface area contributed by atoms with Gasteiger partial charge in [0.1, 0.15) is 5.82 Å². The Morgan fingerprint density at radius 1 is 1.64 bits per heavy atom. The first-order valence-electron chi connectivity index (χ1n) is 3.16. The molecule has 0 saturated heterocycles. The number of halogens is 2. The van der Waals surface area contributed by atoms with E-state index in [0.29, 0.717) is 11.4 Å². The van der Waals surface area contributed by atoms with Gasteiger partial charge in [-0.3, -0.25) is 4.98 Å². The monoisotopic (exact) mass is 171 g/mol. The van der Waals surface area contributed by atoms with Crippen molar-refractivity contribution in [2.75, 3.05) is 5.88 Å². The largest absolute Gasteiger partial charge is 0.262 e. The summed E-state index contributed by atoms with van der Waals surface area (Å²) in [5, 5.41) is 0. The SMILES string of the molecule is Fc1cnccc1C=CCCl. The van der Waals surface area contributed by atoms with Crippen LogP contribution in [0.2, 0.25) is 0 Å². The second-order valence-corrected chi connectivity index (χ2v) is 2.26. The van der Waals surface area contributed by atoms with Crippen molar-refractivity contribution in [2.24, 2.45) is 0 Å². The van der Waals surface area contributed by atoms with Crippen molar-refractivity contribution in [3.05, 3.63) is 35.9 Å². The van der Waals surface area contributed by atoms with E-state index in [-0.39, 0.29) is 5.82 Å². The van der Waals surface area contributed by atoms with Gasteiger partial charge in [0.05, 0.1) is 6.20 Å². The minimum Gasteiger partial charge on any atom is -0.262 e. The number of rotatable bonds is 2. The number of aromatic nitrogens is 1. The molecule has 0 aromatic carbocycles. The first kappa shape index (κ1) is 8.21. The molecule has 0 fully saturated rings. The summed E-state index contributed by atoms with van der Waals surface area (Å²) in [7, 11) is 0. The maximum Gasteiger partial charge on any atom is 0.148 e. The Labute approximate surface area is 69.5 Å². The predicted molar refractivity (Wildman–Crippen MR) is 43.9 cm³/mol. The Morgan fingerprint density at radius 3 is 3.09 bits per heavy atom. The van der Waals surface area contributed by atoms with Gasteiger partial charge in [0.25, 0.3) is 0 Å². The predicted octanol–water partition coefficient (Wildman–Crippen LogP) is 2.47. The summed E-state index contributed by atoms with van der Waals surface area (Å²) < 4.78 is 12.8. The number of hydrogen-bond acceptors (Lipinski definition) is 1. The molecule has 1 aromatic rings. The summed E-state index contributed by atoms with van der Waals surface area (Å²) >= 11 is 5.38. The minimum atomic E-state index is -0.325. The van der Waals surface area contributed by atoms with E-state index in [4.69, 9.17) is 11.6 Å². The number of hydrogen-bond donors (Lipinski definition) is 0. The zero-order valence-corrected chi connectivity index (χ0v) is 6.55. The van der Waals surface area contributed by atoms with E-state index >= 15 is 0 Å². The first-order valence-corrected chi connectivity index (χ1v) is 3.70. The molecule has 11 heavy (non-hydrogen) atoms. The van der Waals surface area contributed by atoms with E-state index in [1.807, 2.05) is 0 Å². The van der Waals surface area contributed by atoms with Crippen molar-refractivity contribution in [1.29, 1.82) is 0 Å². The van der Waals surface area contributed by atoms with Gasteiger partial charge in [-0.25, -0.2) is 4.39 Å². The lowest BCUT2D eigenvalue weighted by molar-refractivity contribution is 0.618. The molecule has 0 unspecified atom stereocenters. The van der Waals surface area contributed by atoms with Crippen LogP contribution in [0.5, 0.6) is 0 Å². The highest BCUT2D eigenvalue weighted by atomic mass is 35.5. The molecule has 0 aliphatic carbocycles. The normalized spacial score (nSPS) is 10.7. The number of nitrogens with zero attached hydrogens (tertiary/aromatic N) is 1. The van der Waals surface area contributed by atoms with Gasteiger partial charge in [-0.1, -0.05) is 12.2 Å². The van der Waals surface area contributed by atoms with Crippen molar-refractivity contribution in [3.63, 3.8) is 0 Å². The van der Waals surface area contributed by atoms with Crippen LogP contribution in [0.1, 0.15) is 5.56 Å². The molecular weight excluding hydrogens is 165 g/mol.